The van der Waals surface area contributed by atoms with Gasteiger partial charge in [-0.3, -0.25) is 9.69 Å². The van der Waals surface area contributed by atoms with Gasteiger partial charge in [0.15, 0.2) is 11.5 Å². The van der Waals surface area contributed by atoms with E-state index in [1.807, 2.05) is 53.4 Å². The predicted octanol–water partition coefficient (Wildman–Crippen LogP) is 2.52. The first-order chi connectivity index (χ1) is 14.6. The molecule has 1 amide bonds. The second-order valence-electron chi connectivity index (χ2n) is 7.73. The molecule has 1 saturated heterocycles. The smallest absolute Gasteiger partial charge is 0.246 e. The molecule has 4 rings (SSSR count). The number of carbonyl (C=O) groups is 1. The molecule has 1 aliphatic carbocycles. The van der Waals surface area contributed by atoms with Crippen molar-refractivity contribution in [3.8, 4) is 11.5 Å². The van der Waals surface area contributed by atoms with Crippen LogP contribution in [0.3, 0.4) is 0 Å². The molecule has 2 unspecified atom stereocenters. The first kappa shape index (κ1) is 20.4. The molecule has 1 heterocycles. The summed E-state index contributed by atoms with van der Waals surface area (Å²) in [5, 5.41) is 10.9. The number of carbonyl (C=O) groups excluding carboxylic acids is 1. The molecule has 2 aromatic rings. The minimum atomic E-state index is -0.569. The molecule has 6 heteroatoms. The van der Waals surface area contributed by atoms with E-state index in [2.05, 4.69) is 4.90 Å². The third-order valence-corrected chi connectivity index (χ3v) is 6.07. The Bertz CT molecular complexity index is 920. The van der Waals surface area contributed by atoms with Gasteiger partial charge in [-0.15, -0.1) is 0 Å². The molecular weight excluding hydrogens is 380 g/mol. The Morgan fingerprint density at radius 2 is 1.70 bits per heavy atom. The van der Waals surface area contributed by atoms with Crippen LogP contribution in [0, 0.1) is 0 Å². The minimum absolute atomic E-state index is 0.00826. The summed E-state index contributed by atoms with van der Waals surface area (Å²) in [6.45, 7) is 2.80. The molecule has 0 saturated carbocycles. The maximum atomic E-state index is 12.5. The number of methoxy groups -OCH3 is 2. The predicted molar refractivity (Wildman–Crippen MR) is 116 cm³/mol. The maximum Gasteiger partial charge on any atom is 0.246 e. The number of amides is 1. The molecule has 0 spiro atoms. The second-order valence-corrected chi connectivity index (χ2v) is 7.73. The van der Waals surface area contributed by atoms with Crippen molar-refractivity contribution in [3.63, 3.8) is 0 Å². The molecule has 0 aromatic heterocycles. The highest BCUT2D eigenvalue weighted by Crippen LogP contribution is 2.41. The normalized spacial score (nSPS) is 21.6. The van der Waals surface area contributed by atoms with Crippen LogP contribution in [0.1, 0.15) is 22.8 Å². The van der Waals surface area contributed by atoms with Gasteiger partial charge in [-0.25, -0.2) is 0 Å². The zero-order valence-electron chi connectivity index (χ0n) is 17.5. The van der Waals surface area contributed by atoms with Crippen molar-refractivity contribution in [2.75, 3.05) is 40.4 Å². The molecule has 1 N–H and O–H groups in total. The lowest BCUT2D eigenvalue weighted by atomic mass is 10.1. The van der Waals surface area contributed by atoms with Crippen LogP contribution in [-0.2, 0) is 11.2 Å². The van der Waals surface area contributed by atoms with Gasteiger partial charge in [0.05, 0.1) is 20.3 Å². The van der Waals surface area contributed by atoms with Crippen LogP contribution in [-0.4, -0.2) is 67.3 Å². The minimum Gasteiger partial charge on any atom is -0.493 e. The number of ether oxygens (including phenoxy) is 2. The quantitative estimate of drug-likeness (QED) is 0.771. The number of benzene rings is 2. The van der Waals surface area contributed by atoms with Gasteiger partial charge in [-0.05, 0) is 41.3 Å². The van der Waals surface area contributed by atoms with E-state index in [4.69, 9.17) is 9.47 Å². The largest absolute Gasteiger partial charge is 0.493 e. The number of piperazine rings is 1. The van der Waals surface area contributed by atoms with E-state index in [0.29, 0.717) is 24.6 Å². The lowest BCUT2D eigenvalue weighted by Crippen LogP contribution is -2.52. The summed E-state index contributed by atoms with van der Waals surface area (Å²) in [5.74, 6) is 1.35. The van der Waals surface area contributed by atoms with Crippen LogP contribution in [0.2, 0.25) is 0 Å². The van der Waals surface area contributed by atoms with Crippen molar-refractivity contribution in [1.82, 2.24) is 9.80 Å². The van der Waals surface area contributed by atoms with Gasteiger partial charge in [-0.2, -0.15) is 0 Å². The van der Waals surface area contributed by atoms with Crippen LogP contribution >= 0.6 is 0 Å². The van der Waals surface area contributed by atoms with Crippen LogP contribution in [0.15, 0.2) is 48.5 Å². The highest BCUT2D eigenvalue weighted by molar-refractivity contribution is 5.91. The fourth-order valence-corrected chi connectivity index (χ4v) is 4.37. The fourth-order valence-electron chi connectivity index (χ4n) is 4.37. The van der Waals surface area contributed by atoms with E-state index in [9.17, 15) is 9.90 Å². The topological polar surface area (TPSA) is 62.2 Å². The van der Waals surface area contributed by atoms with Crippen molar-refractivity contribution in [3.05, 3.63) is 65.2 Å². The first-order valence-corrected chi connectivity index (χ1v) is 10.3. The van der Waals surface area contributed by atoms with E-state index < -0.39 is 6.10 Å². The van der Waals surface area contributed by atoms with Gasteiger partial charge >= 0.3 is 0 Å². The van der Waals surface area contributed by atoms with Crippen molar-refractivity contribution < 1.29 is 19.4 Å². The Morgan fingerprint density at radius 3 is 2.37 bits per heavy atom. The third-order valence-electron chi connectivity index (χ3n) is 6.07. The molecule has 158 valence electrons. The van der Waals surface area contributed by atoms with Gasteiger partial charge in [0.1, 0.15) is 0 Å². The monoisotopic (exact) mass is 408 g/mol. The summed E-state index contributed by atoms with van der Waals surface area (Å²) in [6, 6.07) is 13.7. The standard InChI is InChI=1S/C24H28N2O4/c1-29-21-15-18-14-20(24(28)19(18)16-22(21)30-2)25-10-12-26(13-11-25)23(27)9-8-17-6-4-3-5-7-17/h3-9,15-16,20,24,28H,10-14H2,1-2H3. The first-order valence-electron chi connectivity index (χ1n) is 10.3. The molecular formula is C24H28N2O4. The summed E-state index contributed by atoms with van der Waals surface area (Å²) >= 11 is 0. The van der Waals surface area contributed by atoms with Gasteiger partial charge in [0, 0.05) is 38.3 Å². The molecule has 0 bridgehead atoms. The second kappa shape index (κ2) is 8.90. The SMILES string of the molecule is COc1cc2c(cc1OC)C(O)C(N1CCN(C(=O)C=Cc3ccccc3)CC1)C2. The lowest BCUT2D eigenvalue weighted by molar-refractivity contribution is -0.128. The molecule has 2 aliphatic rings. The Kier molecular flexibility index (Phi) is 6.06. The molecule has 1 aliphatic heterocycles. The van der Waals surface area contributed by atoms with E-state index in [-0.39, 0.29) is 11.9 Å². The number of fused-ring (bicyclic) bond motifs is 1. The Labute approximate surface area is 177 Å². The number of aliphatic hydroxyl groups excluding tert-OH is 1. The molecule has 6 nitrogen and oxygen atoms in total. The van der Waals surface area contributed by atoms with Crippen molar-refractivity contribution in [2.24, 2.45) is 0 Å². The third kappa shape index (κ3) is 4.06. The van der Waals surface area contributed by atoms with Gasteiger partial charge < -0.3 is 19.5 Å². The van der Waals surface area contributed by atoms with E-state index >= 15 is 0 Å². The molecule has 30 heavy (non-hydrogen) atoms. The zero-order valence-corrected chi connectivity index (χ0v) is 17.5. The van der Waals surface area contributed by atoms with E-state index in [1.165, 1.54) is 0 Å². The molecule has 2 atom stereocenters. The summed E-state index contributed by atoms with van der Waals surface area (Å²) in [5.41, 5.74) is 3.01. The fraction of sp³-hybridized carbons (Fsp3) is 0.375. The van der Waals surface area contributed by atoms with Crippen molar-refractivity contribution >= 4 is 12.0 Å². The van der Waals surface area contributed by atoms with Crippen molar-refractivity contribution in [1.29, 1.82) is 0 Å². The average molecular weight is 408 g/mol. The Balaban J connectivity index is 1.37. The van der Waals surface area contributed by atoms with Crippen LogP contribution < -0.4 is 9.47 Å². The highest BCUT2D eigenvalue weighted by atomic mass is 16.5. The Morgan fingerprint density at radius 1 is 1.03 bits per heavy atom. The maximum absolute atomic E-state index is 12.5. The summed E-state index contributed by atoms with van der Waals surface area (Å²) in [4.78, 5) is 16.7. The molecule has 1 fully saturated rings. The molecule has 0 radical (unpaired) electrons. The summed E-state index contributed by atoms with van der Waals surface area (Å²) in [6.07, 6.45) is 3.69. The van der Waals surface area contributed by atoms with Crippen LogP contribution in [0.25, 0.3) is 6.08 Å². The Hall–Kier alpha value is -2.83. The number of nitrogens with zero attached hydrogens (tertiary/aromatic N) is 2. The number of rotatable bonds is 5. The average Bonchev–Trinajstić information content (AvgIpc) is 3.12. The van der Waals surface area contributed by atoms with Gasteiger partial charge in [-0.1, -0.05) is 30.3 Å². The summed E-state index contributed by atoms with van der Waals surface area (Å²) in [7, 11) is 3.22. The lowest BCUT2D eigenvalue weighted by Gasteiger charge is -2.38. The zero-order chi connectivity index (χ0) is 21.1. The summed E-state index contributed by atoms with van der Waals surface area (Å²) < 4.78 is 10.8. The van der Waals surface area contributed by atoms with E-state index in [0.717, 1.165) is 36.2 Å². The van der Waals surface area contributed by atoms with Crippen molar-refractivity contribution in [2.45, 2.75) is 18.6 Å². The number of hydrogen-bond donors (Lipinski definition) is 1. The van der Waals surface area contributed by atoms with Gasteiger partial charge in [0.2, 0.25) is 5.91 Å². The van der Waals surface area contributed by atoms with Crippen LogP contribution in [0.5, 0.6) is 11.5 Å². The highest BCUT2D eigenvalue weighted by Gasteiger charge is 2.37. The molecule has 2 aromatic carbocycles. The number of hydrogen-bond acceptors (Lipinski definition) is 5. The van der Waals surface area contributed by atoms with Crippen LogP contribution in [0.4, 0.5) is 0 Å². The van der Waals surface area contributed by atoms with E-state index in [1.54, 1.807) is 20.3 Å². The van der Waals surface area contributed by atoms with Gasteiger partial charge in [0.25, 0.3) is 0 Å². The number of aliphatic hydroxyl groups is 1.